The van der Waals surface area contributed by atoms with Crippen LogP contribution in [0.1, 0.15) is 11.7 Å². The first-order valence-corrected chi connectivity index (χ1v) is 5.98. The molecular formula is C11H10N8. The molecular weight excluding hydrogens is 244 g/mol. The molecule has 1 N–H and O–H groups in total. The summed E-state index contributed by atoms with van der Waals surface area (Å²) in [5, 5.41) is 22.3. The van der Waals surface area contributed by atoms with Gasteiger partial charge in [0.25, 0.3) is 0 Å². The first-order chi connectivity index (χ1) is 9.40. The van der Waals surface area contributed by atoms with Gasteiger partial charge < -0.3 is 4.90 Å². The third kappa shape index (κ3) is 1.68. The van der Waals surface area contributed by atoms with E-state index in [2.05, 4.69) is 40.7 Å². The van der Waals surface area contributed by atoms with Gasteiger partial charge in [0, 0.05) is 13.1 Å². The Hall–Kier alpha value is -2.64. The fourth-order valence-electron chi connectivity index (χ4n) is 2.15. The van der Waals surface area contributed by atoms with E-state index in [0.29, 0.717) is 5.95 Å². The summed E-state index contributed by atoms with van der Waals surface area (Å²) in [4.78, 5) is 6.56. The van der Waals surface area contributed by atoms with Gasteiger partial charge >= 0.3 is 0 Å². The van der Waals surface area contributed by atoms with Crippen LogP contribution in [-0.4, -0.2) is 48.9 Å². The summed E-state index contributed by atoms with van der Waals surface area (Å²) >= 11 is 0. The summed E-state index contributed by atoms with van der Waals surface area (Å²) in [6.45, 7) is 1.58. The van der Waals surface area contributed by atoms with Crippen LogP contribution in [0.5, 0.6) is 0 Å². The number of rotatable bonds is 2. The van der Waals surface area contributed by atoms with E-state index in [4.69, 9.17) is 0 Å². The molecule has 0 amide bonds. The van der Waals surface area contributed by atoms with Gasteiger partial charge in [0.05, 0.1) is 11.4 Å². The van der Waals surface area contributed by atoms with Gasteiger partial charge in [-0.15, -0.1) is 20.4 Å². The molecule has 8 nitrogen and oxygen atoms in total. The third-order valence-electron chi connectivity index (χ3n) is 3.24. The third-order valence-corrected chi connectivity index (χ3v) is 3.24. The largest absolute Gasteiger partial charge is 0.338 e. The Balaban J connectivity index is 1.56. The molecule has 8 heteroatoms. The molecule has 1 aromatic carbocycles. The van der Waals surface area contributed by atoms with Gasteiger partial charge in [0.2, 0.25) is 5.95 Å². The van der Waals surface area contributed by atoms with Crippen LogP contribution in [0.2, 0.25) is 0 Å². The van der Waals surface area contributed by atoms with E-state index < -0.39 is 0 Å². The zero-order chi connectivity index (χ0) is 12.7. The maximum absolute atomic E-state index is 4.50. The number of tetrazole rings is 1. The fraction of sp³-hybridized carbons (Fsp3) is 0.273. The monoisotopic (exact) mass is 254 g/mol. The first-order valence-electron chi connectivity index (χ1n) is 5.98. The number of nitrogens with one attached hydrogen (secondary N) is 1. The van der Waals surface area contributed by atoms with Crippen LogP contribution in [0, 0.1) is 0 Å². The number of nitrogens with zero attached hydrogens (tertiary/aromatic N) is 7. The van der Waals surface area contributed by atoms with Crippen LogP contribution in [-0.2, 0) is 0 Å². The van der Waals surface area contributed by atoms with E-state index in [1.165, 1.54) is 0 Å². The molecule has 0 unspecified atom stereocenters. The lowest BCUT2D eigenvalue weighted by molar-refractivity contribution is 0.490. The predicted octanol–water partition coefficient (Wildman–Crippen LogP) is 0.142. The molecule has 0 atom stereocenters. The lowest BCUT2D eigenvalue weighted by atomic mass is 10.0. The number of aromatic amines is 1. The van der Waals surface area contributed by atoms with Crippen LogP contribution in [0.15, 0.2) is 24.3 Å². The SMILES string of the molecule is c1ccc2nc(N3CC(c4nn[nH]n4)C3)nnc2c1. The van der Waals surface area contributed by atoms with Crippen molar-refractivity contribution in [2.75, 3.05) is 18.0 Å². The van der Waals surface area contributed by atoms with Crippen LogP contribution >= 0.6 is 0 Å². The summed E-state index contributed by atoms with van der Waals surface area (Å²) in [5.74, 6) is 1.68. The summed E-state index contributed by atoms with van der Waals surface area (Å²) in [7, 11) is 0. The molecule has 0 saturated carbocycles. The van der Waals surface area contributed by atoms with Gasteiger partial charge in [-0.25, -0.2) is 4.98 Å². The van der Waals surface area contributed by atoms with Crippen molar-refractivity contribution in [1.82, 2.24) is 35.8 Å². The number of fused-ring (bicyclic) bond motifs is 1. The maximum Gasteiger partial charge on any atom is 0.245 e. The van der Waals surface area contributed by atoms with Gasteiger partial charge in [-0.3, -0.25) is 0 Å². The van der Waals surface area contributed by atoms with E-state index in [0.717, 1.165) is 29.9 Å². The van der Waals surface area contributed by atoms with E-state index in [-0.39, 0.29) is 5.92 Å². The Labute approximate surface area is 107 Å². The highest BCUT2D eigenvalue weighted by molar-refractivity contribution is 5.74. The van der Waals surface area contributed by atoms with Crippen molar-refractivity contribution < 1.29 is 0 Å². The summed E-state index contributed by atoms with van der Waals surface area (Å²) < 4.78 is 0. The van der Waals surface area contributed by atoms with Crippen molar-refractivity contribution in [3.8, 4) is 0 Å². The molecule has 0 aliphatic carbocycles. The van der Waals surface area contributed by atoms with Crippen molar-refractivity contribution in [2.24, 2.45) is 0 Å². The van der Waals surface area contributed by atoms with Gasteiger partial charge in [0.1, 0.15) is 5.52 Å². The number of anilines is 1. The van der Waals surface area contributed by atoms with Crippen molar-refractivity contribution in [3.05, 3.63) is 30.1 Å². The summed E-state index contributed by atoms with van der Waals surface area (Å²) in [6.07, 6.45) is 0. The molecule has 1 saturated heterocycles. The molecule has 4 rings (SSSR count). The highest BCUT2D eigenvalue weighted by Crippen LogP contribution is 2.27. The number of hydrogen-bond donors (Lipinski definition) is 1. The molecule has 19 heavy (non-hydrogen) atoms. The van der Waals surface area contributed by atoms with Crippen molar-refractivity contribution in [2.45, 2.75) is 5.92 Å². The van der Waals surface area contributed by atoms with Crippen LogP contribution in [0.25, 0.3) is 11.0 Å². The fourth-order valence-corrected chi connectivity index (χ4v) is 2.15. The molecule has 0 radical (unpaired) electrons. The predicted molar refractivity (Wildman–Crippen MR) is 66.5 cm³/mol. The van der Waals surface area contributed by atoms with Crippen LogP contribution in [0.3, 0.4) is 0 Å². The Morgan fingerprint density at radius 3 is 2.68 bits per heavy atom. The lowest BCUT2D eigenvalue weighted by Crippen LogP contribution is -2.46. The first kappa shape index (κ1) is 10.3. The van der Waals surface area contributed by atoms with E-state index in [1.54, 1.807) is 0 Å². The second kappa shape index (κ2) is 3.94. The Morgan fingerprint density at radius 2 is 1.89 bits per heavy atom. The van der Waals surface area contributed by atoms with Gasteiger partial charge in [-0.05, 0) is 12.1 Å². The normalized spacial score (nSPS) is 15.7. The maximum atomic E-state index is 4.50. The van der Waals surface area contributed by atoms with Crippen molar-refractivity contribution in [1.29, 1.82) is 0 Å². The second-order valence-corrected chi connectivity index (χ2v) is 4.47. The molecule has 0 spiro atoms. The minimum atomic E-state index is 0.286. The Morgan fingerprint density at radius 1 is 1.05 bits per heavy atom. The minimum absolute atomic E-state index is 0.286. The minimum Gasteiger partial charge on any atom is -0.338 e. The van der Waals surface area contributed by atoms with Gasteiger partial charge in [0.15, 0.2) is 5.82 Å². The molecule has 1 aliphatic heterocycles. The number of para-hydroxylation sites is 1. The highest BCUT2D eigenvalue weighted by Gasteiger charge is 2.33. The van der Waals surface area contributed by atoms with Gasteiger partial charge in [-0.2, -0.15) is 5.21 Å². The number of H-pyrrole nitrogens is 1. The molecule has 1 aliphatic rings. The van der Waals surface area contributed by atoms with E-state index in [9.17, 15) is 0 Å². The highest BCUT2D eigenvalue weighted by atomic mass is 15.5. The Kier molecular flexibility index (Phi) is 2.13. The van der Waals surface area contributed by atoms with Crippen LogP contribution in [0.4, 0.5) is 5.95 Å². The second-order valence-electron chi connectivity index (χ2n) is 4.47. The van der Waals surface area contributed by atoms with E-state index in [1.807, 2.05) is 24.3 Å². The lowest BCUT2D eigenvalue weighted by Gasteiger charge is -2.36. The van der Waals surface area contributed by atoms with Crippen molar-refractivity contribution >= 4 is 17.0 Å². The summed E-state index contributed by atoms with van der Waals surface area (Å²) in [5.41, 5.74) is 1.66. The molecule has 0 bridgehead atoms. The zero-order valence-corrected chi connectivity index (χ0v) is 9.93. The topological polar surface area (TPSA) is 96.4 Å². The number of benzene rings is 1. The van der Waals surface area contributed by atoms with E-state index >= 15 is 0 Å². The quantitative estimate of drug-likeness (QED) is 0.694. The zero-order valence-electron chi connectivity index (χ0n) is 9.93. The summed E-state index contributed by atoms with van der Waals surface area (Å²) in [6, 6.07) is 7.70. The molecule has 1 fully saturated rings. The van der Waals surface area contributed by atoms with Crippen molar-refractivity contribution in [3.63, 3.8) is 0 Å². The average molecular weight is 254 g/mol. The number of hydrogen-bond acceptors (Lipinski definition) is 7. The molecule has 2 aromatic heterocycles. The van der Waals surface area contributed by atoms with Crippen LogP contribution < -0.4 is 4.90 Å². The average Bonchev–Trinajstić information content (AvgIpc) is 2.91. The van der Waals surface area contributed by atoms with Gasteiger partial charge in [-0.1, -0.05) is 17.3 Å². The molecule has 3 heterocycles. The standard InChI is InChI=1S/C11H10N8/c1-2-4-9-8(3-1)12-11(16-13-9)19-5-7(6-19)10-14-17-18-15-10/h1-4,7H,5-6H2,(H,14,15,17,18). The smallest absolute Gasteiger partial charge is 0.245 e. The Bertz CT molecular complexity index is 704. The molecule has 3 aromatic rings. The number of aromatic nitrogens is 7. The molecule has 94 valence electrons.